The third-order valence-electron chi connectivity index (χ3n) is 4.91. The second kappa shape index (κ2) is 15.3. The number of allylic oxidation sites excluding steroid dienone is 4. The quantitative estimate of drug-likeness (QED) is 0.168. The molecule has 0 amide bonds. The first-order valence-electron chi connectivity index (χ1n) is 10.2. The number of benzene rings is 1. The topological polar surface area (TPSA) is 0 Å². The molecule has 2 heteroatoms. The van der Waals surface area contributed by atoms with Gasteiger partial charge in [-0.2, -0.15) is 0 Å². The van der Waals surface area contributed by atoms with Crippen LogP contribution in [0.3, 0.4) is 0 Å². The van der Waals surface area contributed by atoms with E-state index >= 15 is 0 Å². The molecule has 0 heterocycles. The first kappa shape index (κ1) is 23.3. The number of rotatable bonds is 14. The van der Waals surface area contributed by atoms with Gasteiger partial charge in [-0.15, -0.1) is 23.2 Å². The second-order valence-electron chi connectivity index (χ2n) is 6.99. The van der Waals surface area contributed by atoms with Crippen LogP contribution in [0.25, 0.3) is 0 Å². The normalized spacial score (nSPS) is 11.8. The van der Waals surface area contributed by atoms with E-state index in [9.17, 15) is 0 Å². The van der Waals surface area contributed by atoms with Crippen molar-refractivity contribution in [2.45, 2.75) is 89.8 Å². The molecule has 0 atom stereocenters. The van der Waals surface area contributed by atoms with Gasteiger partial charge in [0.25, 0.3) is 0 Å². The van der Waals surface area contributed by atoms with Crippen LogP contribution < -0.4 is 0 Å². The molecule has 0 saturated heterocycles. The number of alkyl halides is 2. The Morgan fingerprint density at radius 2 is 1.04 bits per heavy atom. The van der Waals surface area contributed by atoms with Crippen molar-refractivity contribution >= 4 is 23.2 Å². The third-order valence-corrected chi connectivity index (χ3v) is 5.49. The van der Waals surface area contributed by atoms with Gasteiger partial charge in [-0.05, 0) is 87.5 Å². The van der Waals surface area contributed by atoms with Crippen LogP contribution in [-0.4, -0.2) is 0 Å². The van der Waals surface area contributed by atoms with Gasteiger partial charge in [0.05, 0.1) is 0 Å². The summed E-state index contributed by atoms with van der Waals surface area (Å²) in [7, 11) is 0. The van der Waals surface area contributed by atoms with Crippen LogP contribution in [0, 0.1) is 0 Å². The standard InChI is InChI=1S/C24H36Cl2/c1-3-5-7-9-11-13-15-21-17-24(20-26)22(18-23(21)19-25)16-14-12-10-8-6-4-2/h3-6,17-18H,7-16,19-20H2,1-2H3. The van der Waals surface area contributed by atoms with E-state index in [1.54, 1.807) is 0 Å². The van der Waals surface area contributed by atoms with Gasteiger partial charge < -0.3 is 0 Å². The molecule has 0 nitrogen and oxygen atoms in total. The highest BCUT2D eigenvalue weighted by Crippen LogP contribution is 2.24. The van der Waals surface area contributed by atoms with E-state index in [1.165, 1.54) is 73.6 Å². The van der Waals surface area contributed by atoms with Crippen LogP contribution in [0.5, 0.6) is 0 Å². The van der Waals surface area contributed by atoms with E-state index in [0.717, 1.165) is 12.8 Å². The monoisotopic (exact) mass is 394 g/mol. The maximum absolute atomic E-state index is 6.25. The molecule has 0 unspecified atom stereocenters. The molecule has 26 heavy (non-hydrogen) atoms. The first-order valence-corrected chi connectivity index (χ1v) is 11.3. The summed E-state index contributed by atoms with van der Waals surface area (Å²) in [6, 6.07) is 4.65. The van der Waals surface area contributed by atoms with E-state index in [-0.39, 0.29) is 0 Å². The van der Waals surface area contributed by atoms with Gasteiger partial charge in [0.15, 0.2) is 0 Å². The summed E-state index contributed by atoms with van der Waals surface area (Å²) in [5.41, 5.74) is 5.41. The lowest BCUT2D eigenvalue weighted by molar-refractivity contribution is 0.679. The molecule has 0 spiro atoms. The van der Waals surface area contributed by atoms with E-state index in [0.29, 0.717) is 11.8 Å². The molecule has 0 aromatic heterocycles. The smallest absolute Gasteiger partial charge is 0.0476 e. The molecule has 0 aliphatic rings. The van der Waals surface area contributed by atoms with Crippen molar-refractivity contribution in [1.82, 2.24) is 0 Å². The van der Waals surface area contributed by atoms with Crippen molar-refractivity contribution in [2.75, 3.05) is 0 Å². The number of hydrogen-bond acceptors (Lipinski definition) is 0. The Morgan fingerprint density at radius 1 is 0.615 bits per heavy atom. The summed E-state index contributed by atoms with van der Waals surface area (Å²) < 4.78 is 0. The van der Waals surface area contributed by atoms with Gasteiger partial charge in [-0.1, -0.05) is 49.3 Å². The average molecular weight is 395 g/mol. The Kier molecular flexibility index (Phi) is 13.8. The molecule has 146 valence electrons. The third kappa shape index (κ3) is 9.28. The van der Waals surface area contributed by atoms with Crippen molar-refractivity contribution in [2.24, 2.45) is 0 Å². The van der Waals surface area contributed by atoms with Crippen LogP contribution in [0.2, 0.25) is 0 Å². The van der Waals surface area contributed by atoms with Crippen LogP contribution in [0.1, 0.15) is 87.5 Å². The summed E-state index contributed by atoms with van der Waals surface area (Å²) >= 11 is 12.5. The zero-order valence-electron chi connectivity index (χ0n) is 16.7. The van der Waals surface area contributed by atoms with Gasteiger partial charge in [0.1, 0.15) is 0 Å². The zero-order valence-corrected chi connectivity index (χ0v) is 18.2. The van der Waals surface area contributed by atoms with Gasteiger partial charge >= 0.3 is 0 Å². The van der Waals surface area contributed by atoms with Crippen molar-refractivity contribution in [1.29, 1.82) is 0 Å². The van der Waals surface area contributed by atoms with Gasteiger partial charge in [0.2, 0.25) is 0 Å². The molecule has 1 aromatic carbocycles. The fourth-order valence-electron chi connectivity index (χ4n) is 3.35. The van der Waals surface area contributed by atoms with Crippen molar-refractivity contribution in [3.63, 3.8) is 0 Å². The largest absolute Gasteiger partial charge is 0.122 e. The Morgan fingerprint density at radius 3 is 1.38 bits per heavy atom. The van der Waals surface area contributed by atoms with Crippen molar-refractivity contribution in [3.8, 4) is 0 Å². The number of hydrogen-bond donors (Lipinski definition) is 0. The zero-order chi connectivity index (χ0) is 19.0. The molecule has 1 rings (SSSR count). The average Bonchev–Trinajstić information content (AvgIpc) is 2.67. The maximum Gasteiger partial charge on any atom is 0.0476 e. The summed E-state index contributed by atoms with van der Waals surface area (Å²) in [4.78, 5) is 0. The van der Waals surface area contributed by atoms with Gasteiger partial charge in [-0.3, -0.25) is 0 Å². The van der Waals surface area contributed by atoms with Crippen LogP contribution >= 0.6 is 23.2 Å². The van der Waals surface area contributed by atoms with Crippen LogP contribution in [-0.2, 0) is 24.6 Å². The van der Waals surface area contributed by atoms with E-state index in [1.807, 2.05) is 0 Å². The summed E-state index contributed by atoms with van der Waals surface area (Å²) in [5.74, 6) is 1.20. The molecule has 1 aromatic rings. The molecule has 0 N–H and O–H groups in total. The second-order valence-corrected chi connectivity index (χ2v) is 7.53. The fraction of sp³-hybridized carbons (Fsp3) is 0.583. The molecule has 0 radical (unpaired) electrons. The predicted octanol–water partition coefficient (Wildman–Crippen LogP) is 8.52. The summed E-state index contributed by atoms with van der Waals surface area (Å²) in [5, 5.41) is 0. The molecular weight excluding hydrogens is 359 g/mol. The van der Waals surface area contributed by atoms with Crippen molar-refractivity contribution in [3.05, 3.63) is 58.7 Å². The number of halogens is 2. The maximum atomic E-state index is 6.25. The lowest BCUT2D eigenvalue weighted by Crippen LogP contribution is -2.00. The SMILES string of the molecule is CC=CCCCCCc1cc(CCl)c(CCCCCC=CC)cc1CCl. The number of unbranched alkanes of at least 4 members (excludes halogenated alkanes) is 6. The van der Waals surface area contributed by atoms with Gasteiger partial charge in [0, 0.05) is 11.8 Å². The minimum atomic E-state index is 0.602. The Bertz CT molecular complexity index is 494. The van der Waals surface area contributed by atoms with Crippen LogP contribution in [0.4, 0.5) is 0 Å². The lowest BCUT2D eigenvalue weighted by atomic mass is 9.93. The minimum absolute atomic E-state index is 0.602. The van der Waals surface area contributed by atoms with E-state index in [2.05, 4.69) is 50.3 Å². The minimum Gasteiger partial charge on any atom is -0.122 e. The molecule has 0 fully saturated rings. The predicted molar refractivity (Wildman–Crippen MR) is 120 cm³/mol. The highest BCUT2D eigenvalue weighted by molar-refractivity contribution is 6.17. The summed E-state index contributed by atoms with van der Waals surface area (Å²) in [6.45, 7) is 4.18. The Hall–Kier alpha value is -0.720. The molecular formula is C24H36Cl2. The molecule has 0 aliphatic carbocycles. The number of aryl methyl sites for hydroxylation is 2. The lowest BCUT2D eigenvalue weighted by Gasteiger charge is -2.14. The summed E-state index contributed by atoms with van der Waals surface area (Å²) in [6.07, 6.45) is 21.0. The van der Waals surface area contributed by atoms with E-state index < -0.39 is 0 Å². The Labute approximate surface area is 171 Å². The van der Waals surface area contributed by atoms with Gasteiger partial charge in [-0.25, -0.2) is 0 Å². The van der Waals surface area contributed by atoms with E-state index in [4.69, 9.17) is 23.2 Å². The first-order chi connectivity index (χ1) is 12.8. The molecule has 0 aliphatic heterocycles. The highest BCUT2D eigenvalue weighted by Gasteiger charge is 2.09. The van der Waals surface area contributed by atoms with Crippen LogP contribution in [0.15, 0.2) is 36.4 Å². The molecule has 0 bridgehead atoms. The highest BCUT2D eigenvalue weighted by atomic mass is 35.5. The van der Waals surface area contributed by atoms with Crippen molar-refractivity contribution < 1.29 is 0 Å². The Balaban J connectivity index is 2.58. The molecule has 0 saturated carbocycles. The fourth-order valence-corrected chi connectivity index (χ4v) is 3.85.